The van der Waals surface area contributed by atoms with E-state index in [1.54, 1.807) is 17.1 Å². The van der Waals surface area contributed by atoms with Crippen molar-refractivity contribution in [1.82, 2.24) is 9.91 Å². The lowest BCUT2D eigenvalue weighted by atomic mass is 9.96. The second-order valence-electron chi connectivity index (χ2n) is 8.38. The van der Waals surface area contributed by atoms with E-state index in [4.69, 9.17) is 10.8 Å². The quantitative estimate of drug-likeness (QED) is 0.805. The van der Waals surface area contributed by atoms with Crippen molar-refractivity contribution >= 4 is 17.5 Å². The standard InChI is InChI=1S/C24H27FN4O2/c1-16-3-2-4-19(13-16)21-14-22(17-5-7-20(25)8-6-17)29(27-21)23(30)15-28-11-9-18(10-12-28)24(26)31/h2-8,13,18,22H,9-12,14-15H2,1H3,(H2,26,31). The molecule has 6 nitrogen and oxygen atoms in total. The summed E-state index contributed by atoms with van der Waals surface area (Å²) in [7, 11) is 0. The molecule has 1 fully saturated rings. The van der Waals surface area contributed by atoms with E-state index >= 15 is 0 Å². The van der Waals surface area contributed by atoms with Crippen molar-refractivity contribution in [2.45, 2.75) is 32.2 Å². The number of carbonyl (C=O) groups is 2. The third-order valence-corrected chi connectivity index (χ3v) is 6.12. The Morgan fingerprint density at radius 1 is 1.13 bits per heavy atom. The van der Waals surface area contributed by atoms with Crippen molar-refractivity contribution in [2.75, 3.05) is 19.6 Å². The van der Waals surface area contributed by atoms with Crippen LogP contribution in [0.25, 0.3) is 0 Å². The zero-order chi connectivity index (χ0) is 22.0. The zero-order valence-corrected chi connectivity index (χ0v) is 17.6. The Balaban J connectivity index is 1.54. The SMILES string of the molecule is Cc1cccc(C2=NN(C(=O)CN3CCC(C(N)=O)CC3)C(c3ccc(F)cc3)C2)c1. The Labute approximate surface area is 181 Å². The van der Waals surface area contributed by atoms with E-state index in [2.05, 4.69) is 6.07 Å². The van der Waals surface area contributed by atoms with Gasteiger partial charge >= 0.3 is 0 Å². The van der Waals surface area contributed by atoms with Gasteiger partial charge in [-0.2, -0.15) is 5.10 Å². The van der Waals surface area contributed by atoms with Crippen LogP contribution in [-0.4, -0.2) is 47.1 Å². The number of hydrogen-bond donors (Lipinski definition) is 1. The Bertz CT molecular complexity index is 997. The molecule has 1 saturated heterocycles. The molecule has 4 rings (SSSR count). The first-order valence-corrected chi connectivity index (χ1v) is 10.6. The molecule has 0 aliphatic carbocycles. The van der Waals surface area contributed by atoms with Gasteiger partial charge in [0.25, 0.3) is 5.91 Å². The maximum atomic E-state index is 13.5. The maximum Gasteiger partial charge on any atom is 0.257 e. The summed E-state index contributed by atoms with van der Waals surface area (Å²) in [5, 5.41) is 6.24. The van der Waals surface area contributed by atoms with E-state index in [1.807, 2.05) is 30.0 Å². The number of hydrogen-bond acceptors (Lipinski definition) is 4. The normalized spacial score (nSPS) is 20.0. The number of benzene rings is 2. The number of carbonyl (C=O) groups excluding carboxylic acids is 2. The van der Waals surface area contributed by atoms with Gasteiger partial charge in [0, 0.05) is 12.3 Å². The average molecular weight is 423 g/mol. The van der Waals surface area contributed by atoms with Gasteiger partial charge in [0.05, 0.1) is 18.3 Å². The van der Waals surface area contributed by atoms with Crippen LogP contribution in [0.3, 0.4) is 0 Å². The number of rotatable bonds is 5. The molecule has 1 unspecified atom stereocenters. The Morgan fingerprint density at radius 3 is 2.48 bits per heavy atom. The first-order chi connectivity index (χ1) is 14.9. The average Bonchev–Trinajstić information content (AvgIpc) is 3.20. The molecule has 7 heteroatoms. The molecule has 1 atom stereocenters. The first kappa shape index (κ1) is 21.2. The van der Waals surface area contributed by atoms with E-state index in [-0.39, 0.29) is 36.1 Å². The second kappa shape index (κ2) is 8.98. The Morgan fingerprint density at radius 2 is 1.84 bits per heavy atom. The summed E-state index contributed by atoms with van der Waals surface area (Å²) in [5.74, 6) is -0.795. The topological polar surface area (TPSA) is 79.0 Å². The molecule has 162 valence electrons. The number of piperidine rings is 1. The minimum Gasteiger partial charge on any atom is -0.369 e. The van der Waals surface area contributed by atoms with Gasteiger partial charge in [-0.05, 0) is 56.1 Å². The largest absolute Gasteiger partial charge is 0.369 e. The third kappa shape index (κ3) is 4.82. The van der Waals surface area contributed by atoms with Gasteiger partial charge in [0.15, 0.2) is 0 Å². The molecule has 2 aromatic carbocycles. The molecule has 0 radical (unpaired) electrons. The molecule has 2 heterocycles. The highest BCUT2D eigenvalue weighted by Gasteiger charge is 2.34. The number of amides is 2. The highest BCUT2D eigenvalue weighted by molar-refractivity contribution is 6.03. The van der Waals surface area contributed by atoms with Crippen LogP contribution in [0.2, 0.25) is 0 Å². The number of nitrogens with zero attached hydrogens (tertiary/aromatic N) is 3. The van der Waals surface area contributed by atoms with E-state index in [1.165, 1.54) is 12.1 Å². The summed E-state index contributed by atoms with van der Waals surface area (Å²) in [6.45, 7) is 3.56. The number of halogens is 1. The van der Waals surface area contributed by atoms with E-state index in [0.717, 1.165) is 22.4 Å². The molecular weight excluding hydrogens is 395 g/mol. The van der Waals surface area contributed by atoms with Gasteiger partial charge in [-0.15, -0.1) is 0 Å². The zero-order valence-electron chi connectivity index (χ0n) is 17.6. The molecule has 0 spiro atoms. The van der Waals surface area contributed by atoms with Crippen molar-refractivity contribution in [3.63, 3.8) is 0 Å². The van der Waals surface area contributed by atoms with Crippen LogP contribution >= 0.6 is 0 Å². The predicted octanol–water partition coefficient (Wildman–Crippen LogP) is 3.01. The molecule has 2 amide bonds. The van der Waals surface area contributed by atoms with E-state index in [9.17, 15) is 14.0 Å². The van der Waals surface area contributed by atoms with Crippen LogP contribution in [-0.2, 0) is 9.59 Å². The van der Waals surface area contributed by atoms with Crippen LogP contribution in [0.15, 0.2) is 53.6 Å². The van der Waals surface area contributed by atoms with Gasteiger partial charge < -0.3 is 5.73 Å². The molecule has 31 heavy (non-hydrogen) atoms. The van der Waals surface area contributed by atoms with Crippen LogP contribution in [0.1, 0.15) is 42.0 Å². The van der Waals surface area contributed by atoms with Crippen molar-refractivity contribution in [2.24, 2.45) is 16.8 Å². The highest BCUT2D eigenvalue weighted by Crippen LogP contribution is 2.33. The van der Waals surface area contributed by atoms with Crippen LogP contribution < -0.4 is 5.73 Å². The summed E-state index contributed by atoms with van der Waals surface area (Å²) in [4.78, 5) is 26.7. The summed E-state index contributed by atoms with van der Waals surface area (Å²) < 4.78 is 13.5. The summed E-state index contributed by atoms with van der Waals surface area (Å²) in [6.07, 6.45) is 1.91. The fourth-order valence-electron chi connectivity index (χ4n) is 4.32. The van der Waals surface area contributed by atoms with Gasteiger partial charge in [-0.25, -0.2) is 9.40 Å². The van der Waals surface area contributed by atoms with Crippen molar-refractivity contribution < 1.29 is 14.0 Å². The van der Waals surface area contributed by atoms with Crippen LogP contribution in [0.4, 0.5) is 4.39 Å². The van der Waals surface area contributed by atoms with E-state index < -0.39 is 0 Å². The van der Waals surface area contributed by atoms with Crippen molar-refractivity contribution in [1.29, 1.82) is 0 Å². The predicted molar refractivity (Wildman–Crippen MR) is 117 cm³/mol. The lowest BCUT2D eigenvalue weighted by Gasteiger charge is -2.31. The van der Waals surface area contributed by atoms with Crippen LogP contribution in [0, 0.1) is 18.7 Å². The molecule has 2 N–H and O–H groups in total. The first-order valence-electron chi connectivity index (χ1n) is 10.6. The molecule has 0 bridgehead atoms. The number of likely N-dealkylation sites (tertiary alicyclic amines) is 1. The van der Waals surface area contributed by atoms with Gasteiger partial charge in [-0.3, -0.25) is 14.5 Å². The van der Waals surface area contributed by atoms with Gasteiger partial charge in [-0.1, -0.05) is 42.0 Å². The molecule has 2 aromatic rings. The maximum absolute atomic E-state index is 13.5. The highest BCUT2D eigenvalue weighted by atomic mass is 19.1. The number of primary amides is 1. The number of aryl methyl sites for hydroxylation is 1. The Hall–Kier alpha value is -3.06. The third-order valence-electron chi connectivity index (χ3n) is 6.12. The fraction of sp³-hybridized carbons (Fsp3) is 0.375. The van der Waals surface area contributed by atoms with E-state index in [0.29, 0.717) is 32.4 Å². The fourth-order valence-corrected chi connectivity index (χ4v) is 4.32. The summed E-state index contributed by atoms with van der Waals surface area (Å²) in [5.41, 5.74) is 9.23. The number of hydrazone groups is 1. The molecule has 0 aromatic heterocycles. The molecule has 2 aliphatic rings. The smallest absolute Gasteiger partial charge is 0.257 e. The minimum atomic E-state index is -0.309. The van der Waals surface area contributed by atoms with Gasteiger partial charge in [0.1, 0.15) is 5.82 Å². The van der Waals surface area contributed by atoms with Crippen LogP contribution in [0.5, 0.6) is 0 Å². The Kier molecular flexibility index (Phi) is 6.13. The molecular formula is C24H27FN4O2. The monoisotopic (exact) mass is 422 g/mol. The lowest BCUT2D eigenvalue weighted by Crippen LogP contribution is -2.44. The summed E-state index contributed by atoms with van der Waals surface area (Å²) >= 11 is 0. The lowest BCUT2D eigenvalue weighted by molar-refractivity contribution is -0.134. The molecule has 2 aliphatic heterocycles. The van der Waals surface area contributed by atoms with Crippen molar-refractivity contribution in [3.05, 3.63) is 71.0 Å². The molecule has 0 saturated carbocycles. The second-order valence-corrected chi connectivity index (χ2v) is 8.38. The van der Waals surface area contributed by atoms with Crippen molar-refractivity contribution in [3.8, 4) is 0 Å². The van der Waals surface area contributed by atoms with Gasteiger partial charge in [0.2, 0.25) is 5.91 Å². The summed E-state index contributed by atoms with van der Waals surface area (Å²) in [6, 6.07) is 14.0. The minimum absolute atomic E-state index is 0.102. The number of nitrogens with two attached hydrogens (primary N) is 1.